The Hall–Kier alpha value is -2.77. The van der Waals surface area contributed by atoms with Gasteiger partial charge in [0.05, 0.1) is 17.9 Å². The molecule has 0 spiro atoms. The van der Waals surface area contributed by atoms with E-state index in [0.29, 0.717) is 44.0 Å². The lowest BCUT2D eigenvalue weighted by atomic mass is 9.97. The van der Waals surface area contributed by atoms with E-state index in [1.807, 2.05) is 38.9 Å². The number of nitrogens with zero attached hydrogens (tertiary/aromatic N) is 5. The van der Waals surface area contributed by atoms with Gasteiger partial charge >= 0.3 is 5.97 Å². The molecule has 0 radical (unpaired) electrons. The highest BCUT2D eigenvalue weighted by Crippen LogP contribution is 2.26. The monoisotopic (exact) mass is 385 g/mol. The topological polar surface area (TPSA) is 88.5 Å². The molecular formula is C20H27N5O3. The fourth-order valence-electron chi connectivity index (χ4n) is 3.59. The Morgan fingerprint density at radius 3 is 2.46 bits per heavy atom. The van der Waals surface area contributed by atoms with Crippen LogP contribution in [0.5, 0.6) is 0 Å². The Bertz CT molecular complexity index is 904. The first-order chi connectivity index (χ1) is 13.3. The van der Waals surface area contributed by atoms with Gasteiger partial charge in [-0.3, -0.25) is 9.59 Å². The highest BCUT2D eigenvalue weighted by atomic mass is 16.5. The van der Waals surface area contributed by atoms with Gasteiger partial charge in [-0.15, -0.1) is 0 Å². The number of aryl methyl sites for hydroxylation is 2. The summed E-state index contributed by atoms with van der Waals surface area (Å²) in [6, 6.07) is 1.99. The number of piperidine rings is 1. The Kier molecular flexibility index (Phi) is 5.76. The quantitative estimate of drug-likeness (QED) is 0.745. The van der Waals surface area contributed by atoms with Gasteiger partial charge in [0, 0.05) is 32.9 Å². The minimum atomic E-state index is -0.228. The molecule has 0 aromatic carbocycles. The lowest BCUT2D eigenvalue weighted by molar-refractivity contribution is -0.149. The summed E-state index contributed by atoms with van der Waals surface area (Å²) in [5.41, 5.74) is 2.41. The third-order valence-corrected chi connectivity index (χ3v) is 4.99. The van der Waals surface area contributed by atoms with Gasteiger partial charge in [0.2, 0.25) is 5.82 Å². The molecule has 150 valence electrons. The predicted octanol–water partition coefficient (Wildman–Crippen LogP) is 2.12. The van der Waals surface area contributed by atoms with E-state index >= 15 is 0 Å². The smallest absolute Gasteiger partial charge is 0.309 e. The average Bonchev–Trinajstić information content (AvgIpc) is 2.66. The molecule has 1 aliphatic rings. The standard InChI is InChI=1S/C20H27N5O3/c1-6-28-20(27)14-7-9-25(10-8-14)19(26)17-22-16-15(18(23-17)24(4)5)12(2)11-13(3)21-16/h11,14H,6-10H2,1-5H3. The minimum Gasteiger partial charge on any atom is -0.466 e. The number of amides is 1. The summed E-state index contributed by atoms with van der Waals surface area (Å²) in [5.74, 6) is 0.267. The summed E-state index contributed by atoms with van der Waals surface area (Å²) in [6.07, 6.45) is 1.18. The molecule has 1 aliphatic heterocycles. The zero-order chi connectivity index (χ0) is 20.4. The van der Waals surface area contributed by atoms with E-state index in [9.17, 15) is 9.59 Å². The van der Waals surface area contributed by atoms with Crippen molar-refractivity contribution in [2.45, 2.75) is 33.6 Å². The van der Waals surface area contributed by atoms with Gasteiger partial charge in [0.1, 0.15) is 5.82 Å². The van der Waals surface area contributed by atoms with Crippen LogP contribution in [0.25, 0.3) is 11.0 Å². The first kappa shape index (κ1) is 20.0. The van der Waals surface area contributed by atoms with Gasteiger partial charge in [0.15, 0.2) is 5.65 Å². The minimum absolute atomic E-state index is 0.142. The van der Waals surface area contributed by atoms with Crippen molar-refractivity contribution in [2.75, 3.05) is 38.7 Å². The van der Waals surface area contributed by atoms with E-state index in [4.69, 9.17) is 4.74 Å². The average molecular weight is 385 g/mol. The molecule has 1 fully saturated rings. The molecule has 8 heteroatoms. The predicted molar refractivity (Wildman–Crippen MR) is 106 cm³/mol. The summed E-state index contributed by atoms with van der Waals surface area (Å²) < 4.78 is 5.09. The number of carbonyl (C=O) groups is 2. The number of hydrogen-bond donors (Lipinski definition) is 0. The number of aromatic nitrogens is 3. The van der Waals surface area contributed by atoms with Crippen LogP contribution in [0, 0.1) is 19.8 Å². The van der Waals surface area contributed by atoms with Crippen LogP contribution < -0.4 is 4.90 Å². The molecule has 0 atom stereocenters. The zero-order valence-corrected chi connectivity index (χ0v) is 17.2. The van der Waals surface area contributed by atoms with Crippen molar-refractivity contribution in [1.29, 1.82) is 0 Å². The molecule has 2 aromatic heterocycles. The van der Waals surface area contributed by atoms with E-state index in [2.05, 4.69) is 15.0 Å². The third-order valence-electron chi connectivity index (χ3n) is 4.99. The maximum absolute atomic E-state index is 13.0. The van der Waals surface area contributed by atoms with Gasteiger partial charge in [-0.25, -0.2) is 15.0 Å². The van der Waals surface area contributed by atoms with E-state index in [1.54, 1.807) is 11.8 Å². The third kappa shape index (κ3) is 3.90. The van der Waals surface area contributed by atoms with Crippen LogP contribution in [0.4, 0.5) is 5.82 Å². The maximum Gasteiger partial charge on any atom is 0.309 e. The van der Waals surface area contributed by atoms with E-state index in [1.165, 1.54) is 0 Å². The van der Waals surface area contributed by atoms with Gasteiger partial charge < -0.3 is 14.5 Å². The SMILES string of the molecule is CCOC(=O)C1CCN(C(=O)c2nc(N(C)C)c3c(C)cc(C)nc3n2)CC1. The van der Waals surface area contributed by atoms with Gasteiger partial charge in [-0.2, -0.15) is 0 Å². The highest BCUT2D eigenvalue weighted by molar-refractivity contribution is 5.96. The van der Waals surface area contributed by atoms with Crippen molar-refractivity contribution in [2.24, 2.45) is 5.92 Å². The van der Waals surface area contributed by atoms with Crippen molar-refractivity contribution >= 4 is 28.7 Å². The van der Waals surface area contributed by atoms with Gasteiger partial charge in [0.25, 0.3) is 5.91 Å². The summed E-state index contributed by atoms with van der Waals surface area (Å²) in [7, 11) is 3.78. The number of likely N-dealkylation sites (tertiary alicyclic amines) is 1. The molecule has 1 saturated heterocycles. The molecule has 3 heterocycles. The number of hydrogen-bond acceptors (Lipinski definition) is 7. The van der Waals surface area contributed by atoms with Crippen LogP contribution in [0.15, 0.2) is 6.07 Å². The normalized spacial score (nSPS) is 15.0. The molecule has 0 N–H and O–H groups in total. The summed E-state index contributed by atoms with van der Waals surface area (Å²) >= 11 is 0. The molecule has 2 aromatic rings. The van der Waals surface area contributed by atoms with Crippen molar-refractivity contribution in [3.63, 3.8) is 0 Å². The number of pyridine rings is 1. The summed E-state index contributed by atoms with van der Waals surface area (Å²) in [4.78, 5) is 42.0. The molecular weight excluding hydrogens is 358 g/mol. The van der Waals surface area contributed by atoms with E-state index < -0.39 is 0 Å². The van der Waals surface area contributed by atoms with Gasteiger partial charge in [-0.05, 0) is 45.2 Å². The molecule has 0 aliphatic carbocycles. The first-order valence-electron chi connectivity index (χ1n) is 9.61. The maximum atomic E-state index is 13.0. The number of carbonyl (C=O) groups excluding carboxylic acids is 2. The van der Waals surface area contributed by atoms with Crippen LogP contribution in [0.3, 0.4) is 0 Å². The molecule has 0 saturated carbocycles. The highest BCUT2D eigenvalue weighted by Gasteiger charge is 2.30. The second-order valence-electron chi connectivity index (χ2n) is 7.36. The fourth-order valence-corrected chi connectivity index (χ4v) is 3.59. The molecule has 28 heavy (non-hydrogen) atoms. The van der Waals surface area contributed by atoms with Crippen molar-refractivity contribution in [3.8, 4) is 0 Å². The lowest BCUT2D eigenvalue weighted by Crippen LogP contribution is -2.41. The summed E-state index contributed by atoms with van der Waals surface area (Å²) in [5, 5.41) is 0.855. The van der Waals surface area contributed by atoms with E-state index in [-0.39, 0.29) is 23.6 Å². The van der Waals surface area contributed by atoms with Crippen LogP contribution in [0.2, 0.25) is 0 Å². The molecule has 0 bridgehead atoms. The fraction of sp³-hybridized carbons (Fsp3) is 0.550. The number of ether oxygens (including phenoxy) is 1. The Labute approximate surface area is 164 Å². The largest absolute Gasteiger partial charge is 0.466 e. The van der Waals surface area contributed by atoms with Crippen molar-refractivity contribution < 1.29 is 14.3 Å². The zero-order valence-electron chi connectivity index (χ0n) is 17.2. The summed E-state index contributed by atoms with van der Waals surface area (Å²) in [6.45, 7) is 7.05. The van der Waals surface area contributed by atoms with Crippen molar-refractivity contribution in [1.82, 2.24) is 19.9 Å². The molecule has 3 rings (SSSR count). The molecule has 8 nitrogen and oxygen atoms in total. The number of fused-ring (bicyclic) bond motifs is 1. The Balaban J connectivity index is 1.87. The lowest BCUT2D eigenvalue weighted by Gasteiger charge is -2.30. The van der Waals surface area contributed by atoms with Crippen LogP contribution in [-0.2, 0) is 9.53 Å². The Morgan fingerprint density at radius 2 is 1.86 bits per heavy atom. The molecule has 1 amide bonds. The van der Waals surface area contributed by atoms with Crippen LogP contribution in [-0.4, -0.2) is 65.5 Å². The van der Waals surface area contributed by atoms with Crippen molar-refractivity contribution in [3.05, 3.63) is 23.1 Å². The number of esters is 1. The number of rotatable bonds is 4. The van der Waals surface area contributed by atoms with Crippen LogP contribution in [0.1, 0.15) is 41.6 Å². The Morgan fingerprint density at radius 1 is 1.18 bits per heavy atom. The van der Waals surface area contributed by atoms with Gasteiger partial charge in [-0.1, -0.05) is 0 Å². The van der Waals surface area contributed by atoms with E-state index in [0.717, 1.165) is 16.6 Å². The second-order valence-corrected chi connectivity index (χ2v) is 7.36. The first-order valence-corrected chi connectivity index (χ1v) is 9.61. The number of anilines is 1. The second kappa shape index (κ2) is 8.08. The molecule has 0 unspecified atom stereocenters. The van der Waals surface area contributed by atoms with Crippen LogP contribution >= 0.6 is 0 Å².